The van der Waals surface area contributed by atoms with Gasteiger partial charge in [-0.05, 0) is 37.0 Å². The molecule has 2 rings (SSSR count). The van der Waals surface area contributed by atoms with Gasteiger partial charge in [0.1, 0.15) is 5.71 Å². The lowest BCUT2D eigenvalue weighted by atomic mass is 10.1. The quantitative estimate of drug-likeness (QED) is 0.817. The summed E-state index contributed by atoms with van der Waals surface area (Å²) in [5.74, 6) is -0.354. The van der Waals surface area contributed by atoms with Crippen LogP contribution in [0.1, 0.15) is 36.0 Å². The Hall–Kier alpha value is -2.43. The predicted octanol–water partition coefficient (Wildman–Crippen LogP) is 2.09. The van der Waals surface area contributed by atoms with Gasteiger partial charge in [0.2, 0.25) is 5.91 Å². The third-order valence-corrected chi connectivity index (χ3v) is 3.60. The topological polar surface area (TPSA) is 70.6 Å². The van der Waals surface area contributed by atoms with Gasteiger partial charge in [-0.25, -0.2) is 5.43 Å². The van der Waals surface area contributed by atoms with E-state index in [0.29, 0.717) is 25.1 Å². The van der Waals surface area contributed by atoms with Crippen molar-refractivity contribution in [3.05, 3.63) is 41.0 Å². The monoisotopic (exact) mass is 299 g/mol. The molecule has 1 aromatic rings. The molecule has 0 saturated carbocycles. The molecule has 0 atom stereocenters. The van der Waals surface area contributed by atoms with Gasteiger partial charge in [-0.3, -0.25) is 9.59 Å². The van der Waals surface area contributed by atoms with E-state index in [1.807, 2.05) is 6.08 Å². The standard InChI is InChI=1S/C17H21N3O2/c1-12-6-7-14(11-13(12)2)5-3-4-10-18-17(22)15-8-9-16(21)20-19-15/h3,5-7,11H,4,8-10H2,1-2H3,(H,18,22)(H,20,21)/b5-3+. The second-order valence-electron chi connectivity index (χ2n) is 5.38. The first-order chi connectivity index (χ1) is 10.6. The highest BCUT2D eigenvalue weighted by atomic mass is 16.2. The van der Waals surface area contributed by atoms with Crippen molar-refractivity contribution in [3.8, 4) is 0 Å². The van der Waals surface area contributed by atoms with Crippen molar-refractivity contribution in [2.45, 2.75) is 33.1 Å². The van der Waals surface area contributed by atoms with Crippen molar-refractivity contribution in [3.63, 3.8) is 0 Å². The van der Waals surface area contributed by atoms with Gasteiger partial charge in [0.25, 0.3) is 5.91 Å². The van der Waals surface area contributed by atoms with E-state index in [2.05, 4.69) is 54.0 Å². The van der Waals surface area contributed by atoms with E-state index < -0.39 is 0 Å². The van der Waals surface area contributed by atoms with Crippen LogP contribution in [0.15, 0.2) is 29.4 Å². The van der Waals surface area contributed by atoms with Gasteiger partial charge >= 0.3 is 0 Å². The largest absolute Gasteiger partial charge is 0.351 e. The van der Waals surface area contributed by atoms with E-state index in [0.717, 1.165) is 12.0 Å². The molecule has 2 amide bonds. The Labute approximate surface area is 130 Å². The second-order valence-corrected chi connectivity index (χ2v) is 5.38. The van der Waals surface area contributed by atoms with Gasteiger partial charge < -0.3 is 5.32 Å². The normalized spacial score (nSPS) is 14.6. The Bertz CT molecular complexity index is 633. The van der Waals surface area contributed by atoms with Crippen LogP contribution < -0.4 is 10.7 Å². The van der Waals surface area contributed by atoms with E-state index in [1.54, 1.807) is 0 Å². The second kappa shape index (κ2) is 7.54. The fourth-order valence-corrected chi connectivity index (χ4v) is 2.10. The lowest BCUT2D eigenvalue weighted by molar-refractivity contribution is -0.121. The minimum absolute atomic E-state index is 0.145. The average molecular weight is 299 g/mol. The molecule has 1 heterocycles. The first kappa shape index (κ1) is 15.9. The highest BCUT2D eigenvalue weighted by Crippen LogP contribution is 2.11. The van der Waals surface area contributed by atoms with E-state index in [-0.39, 0.29) is 11.8 Å². The molecule has 0 aromatic heterocycles. The number of nitrogens with zero attached hydrogens (tertiary/aromatic N) is 1. The van der Waals surface area contributed by atoms with Gasteiger partial charge in [-0.15, -0.1) is 0 Å². The maximum Gasteiger partial charge on any atom is 0.267 e. The van der Waals surface area contributed by atoms with Crippen LogP contribution in [0.25, 0.3) is 6.08 Å². The Morgan fingerprint density at radius 2 is 2.14 bits per heavy atom. The summed E-state index contributed by atoms with van der Waals surface area (Å²) in [6.07, 6.45) is 5.55. The highest BCUT2D eigenvalue weighted by Gasteiger charge is 2.17. The van der Waals surface area contributed by atoms with Gasteiger partial charge in [0.05, 0.1) is 0 Å². The summed E-state index contributed by atoms with van der Waals surface area (Å²) in [5, 5.41) is 6.56. The zero-order chi connectivity index (χ0) is 15.9. The molecule has 1 aliphatic heterocycles. The molecule has 0 radical (unpaired) electrons. The summed E-state index contributed by atoms with van der Waals surface area (Å²) in [6, 6.07) is 6.33. The number of hydrogen-bond acceptors (Lipinski definition) is 3. The van der Waals surface area contributed by atoms with Gasteiger partial charge in [0.15, 0.2) is 0 Å². The molecular formula is C17H21N3O2. The molecule has 116 valence electrons. The van der Waals surface area contributed by atoms with Crippen molar-refractivity contribution < 1.29 is 9.59 Å². The predicted molar refractivity (Wildman–Crippen MR) is 87.4 cm³/mol. The number of carbonyl (C=O) groups is 2. The lowest BCUT2D eigenvalue weighted by Crippen LogP contribution is -2.37. The SMILES string of the molecule is Cc1ccc(/C=C/CCNC(=O)C2=NNC(=O)CC2)cc1C. The third-order valence-electron chi connectivity index (χ3n) is 3.60. The average Bonchev–Trinajstić information content (AvgIpc) is 2.51. The minimum Gasteiger partial charge on any atom is -0.351 e. The molecule has 5 heteroatoms. The number of nitrogens with one attached hydrogen (secondary N) is 2. The van der Waals surface area contributed by atoms with Crippen LogP contribution in [0.2, 0.25) is 0 Å². The summed E-state index contributed by atoms with van der Waals surface area (Å²) in [4.78, 5) is 22.8. The third kappa shape index (κ3) is 4.55. The molecule has 1 aliphatic rings. The Kier molecular flexibility index (Phi) is 5.47. The fourth-order valence-electron chi connectivity index (χ4n) is 2.10. The lowest BCUT2D eigenvalue weighted by Gasteiger charge is -2.11. The minimum atomic E-state index is -0.209. The van der Waals surface area contributed by atoms with E-state index in [1.165, 1.54) is 11.1 Å². The van der Waals surface area contributed by atoms with E-state index in [9.17, 15) is 9.59 Å². The van der Waals surface area contributed by atoms with Crippen LogP contribution in [0.3, 0.4) is 0 Å². The zero-order valence-corrected chi connectivity index (χ0v) is 13.0. The van der Waals surface area contributed by atoms with Crippen molar-refractivity contribution >= 4 is 23.6 Å². The maximum absolute atomic E-state index is 11.8. The molecule has 0 fully saturated rings. The highest BCUT2D eigenvalue weighted by molar-refractivity contribution is 6.39. The summed E-state index contributed by atoms with van der Waals surface area (Å²) < 4.78 is 0. The van der Waals surface area contributed by atoms with Crippen LogP contribution in [0.4, 0.5) is 0 Å². The summed E-state index contributed by atoms with van der Waals surface area (Å²) in [5.41, 5.74) is 6.42. The molecule has 22 heavy (non-hydrogen) atoms. The molecule has 2 N–H and O–H groups in total. The smallest absolute Gasteiger partial charge is 0.267 e. The van der Waals surface area contributed by atoms with E-state index in [4.69, 9.17) is 0 Å². The maximum atomic E-state index is 11.8. The zero-order valence-electron chi connectivity index (χ0n) is 13.0. The number of amides is 2. The summed E-state index contributed by atoms with van der Waals surface area (Å²) in [7, 11) is 0. The molecule has 0 saturated heterocycles. The Balaban J connectivity index is 1.74. The van der Waals surface area contributed by atoms with Crippen LogP contribution >= 0.6 is 0 Å². The fraction of sp³-hybridized carbons (Fsp3) is 0.353. The first-order valence-corrected chi connectivity index (χ1v) is 7.43. The first-order valence-electron chi connectivity index (χ1n) is 7.43. The molecule has 0 spiro atoms. The number of rotatable bonds is 5. The number of carbonyl (C=O) groups excluding carboxylic acids is 2. The molecule has 5 nitrogen and oxygen atoms in total. The molecule has 1 aromatic carbocycles. The summed E-state index contributed by atoms with van der Waals surface area (Å²) in [6.45, 7) is 4.73. The number of hydrogen-bond donors (Lipinski definition) is 2. The van der Waals surface area contributed by atoms with Crippen molar-refractivity contribution in [2.75, 3.05) is 6.54 Å². The number of aryl methyl sites for hydroxylation is 2. The van der Waals surface area contributed by atoms with Crippen molar-refractivity contribution in [1.29, 1.82) is 0 Å². The van der Waals surface area contributed by atoms with Gasteiger partial charge in [-0.2, -0.15) is 5.10 Å². The van der Waals surface area contributed by atoms with Crippen molar-refractivity contribution in [2.24, 2.45) is 5.10 Å². The van der Waals surface area contributed by atoms with E-state index >= 15 is 0 Å². The molecule has 0 bridgehead atoms. The molecule has 0 unspecified atom stereocenters. The summed E-state index contributed by atoms with van der Waals surface area (Å²) >= 11 is 0. The van der Waals surface area contributed by atoms with Crippen LogP contribution in [0.5, 0.6) is 0 Å². The van der Waals surface area contributed by atoms with Crippen molar-refractivity contribution in [1.82, 2.24) is 10.7 Å². The Morgan fingerprint density at radius 1 is 1.32 bits per heavy atom. The van der Waals surface area contributed by atoms with Gasteiger partial charge in [0, 0.05) is 19.4 Å². The Morgan fingerprint density at radius 3 is 2.82 bits per heavy atom. The number of benzene rings is 1. The molecular weight excluding hydrogens is 278 g/mol. The van der Waals surface area contributed by atoms with Crippen LogP contribution in [-0.2, 0) is 9.59 Å². The van der Waals surface area contributed by atoms with Crippen LogP contribution in [0, 0.1) is 13.8 Å². The van der Waals surface area contributed by atoms with Gasteiger partial charge in [-0.1, -0.05) is 30.4 Å². The van der Waals surface area contributed by atoms with Crippen LogP contribution in [-0.4, -0.2) is 24.1 Å². The molecule has 0 aliphatic carbocycles. The number of hydrazone groups is 1.